The Morgan fingerprint density at radius 3 is 2.44 bits per heavy atom. The maximum atomic E-state index is 13.4. The first-order valence-electron chi connectivity index (χ1n) is 11.4. The largest absolute Gasteiger partial charge is 0.464 e. The molecule has 1 saturated heterocycles. The summed E-state index contributed by atoms with van der Waals surface area (Å²) in [4.78, 5) is 15.4. The highest BCUT2D eigenvalue weighted by atomic mass is 16.7. The molecule has 1 atom stereocenters. The Morgan fingerprint density at radius 2 is 1.78 bits per heavy atom. The molecule has 2 N–H and O–H groups in total. The molecular formula is C25H35N3O4. The third-order valence-electron chi connectivity index (χ3n) is 6.03. The molecule has 0 radical (unpaired) electrons. The standard InChI is InChI=1S/C25H35N3O4/c1-16-7-9-20(30-16)15-28(19-12-24(3,4)27-25(5,6)13-19)23(29)26-14-18-8-10-21-22(11-18)32-17(2)31-21/h7-11,17,19,27H,12-15H2,1-6H3,(H,26,29). The van der Waals surface area contributed by atoms with Crippen LogP contribution >= 0.6 is 0 Å². The predicted molar refractivity (Wildman–Crippen MR) is 123 cm³/mol. The summed E-state index contributed by atoms with van der Waals surface area (Å²) in [6.45, 7) is 13.4. The molecule has 1 aromatic carbocycles. The smallest absolute Gasteiger partial charge is 0.318 e. The zero-order valence-electron chi connectivity index (χ0n) is 20.0. The summed E-state index contributed by atoms with van der Waals surface area (Å²) >= 11 is 0. The van der Waals surface area contributed by atoms with Crippen LogP contribution in [0.1, 0.15) is 64.5 Å². The summed E-state index contributed by atoms with van der Waals surface area (Å²) < 4.78 is 17.1. The molecule has 2 amide bonds. The molecule has 0 saturated carbocycles. The zero-order chi connectivity index (χ0) is 23.1. The summed E-state index contributed by atoms with van der Waals surface area (Å²) in [6.07, 6.45) is 1.45. The number of carbonyl (C=O) groups is 1. The number of nitrogens with zero attached hydrogens (tertiary/aromatic N) is 1. The Hall–Kier alpha value is -2.67. The van der Waals surface area contributed by atoms with Crippen LogP contribution in [0, 0.1) is 6.92 Å². The van der Waals surface area contributed by atoms with Gasteiger partial charge in [0.05, 0.1) is 6.54 Å². The van der Waals surface area contributed by atoms with Gasteiger partial charge in [-0.15, -0.1) is 0 Å². The highest BCUT2D eigenvalue weighted by molar-refractivity contribution is 5.74. The van der Waals surface area contributed by atoms with Crippen LogP contribution in [-0.4, -0.2) is 34.3 Å². The highest BCUT2D eigenvalue weighted by Gasteiger charge is 2.41. The van der Waals surface area contributed by atoms with Crippen molar-refractivity contribution in [2.24, 2.45) is 0 Å². The van der Waals surface area contributed by atoms with Gasteiger partial charge in [-0.3, -0.25) is 0 Å². The molecule has 4 rings (SSSR count). The van der Waals surface area contributed by atoms with E-state index < -0.39 is 0 Å². The number of furan rings is 1. The number of rotatable bonds is 5. The van der Waals surface area contributed by atoms with Crippen molar-refractivity contribution in [3.63, 3.8) is 0 Å². The minimum absolute atomic E-state index is 0.0714. The number of fused-ring (bicyclic) bond motifs is 1. The maximum absolute atomic E-state index is 13.4. The fourth-order valence-electron chi connectivity index (χ4n) is 5.11. The molecule has 2 aliphatic rings. The van der Waals surface area contributed by atoms with Gasteiger partial charge in [-0.2, -0.15) is 0 Å². The molecule has 1 aromatic heterocycles. The Balaban J connectivity index is 1.50. The topological polar surface area (TPSA) is 76.0 Å². The lowest BCUT2D eigenvalue weighted by Gasteiger charge is -2.49. The van der Waals surface area contributed by atoms with Crippen LogP contribution in [0.3, 0.4) is 0 Å². The normalized spacial score (nSPS) is 21.4. The van der Waals surface area contributed by atoms with E-state index in [0.29, 0.717) is 18.8 Å². The summed E-state index contributed by atoms with van der Waals surface area (Å²) in [7, 11) is 0. The van der Waals surface area contributed by atoms with Crippen LogP contribution in [-0.2, 0) is 13.1 Å². The number of benzene rings is 1. The van der Waals surface area contributed by atoms with Gasteiger partial charge >= 0.3 is 6.03 Å². The first-order chi connectivity index (χ1) is 15.0. The number of hydrogen-bond donors (Lipinski definition) is 2. The van der Waals surface area contributed by atoms with Crippen molar-refractivity contribution in [1.29, 1.82) is 0 Å². The lowest BCUT2D eigenvalue weighted by atomic mass is 9.79. The summed E-state index contributed by atoms with van der Waals surface area (Å²) in [6, 6.07) is 9.66. The van der Waals surface area contributed by atoms with Crippen molar-refractivity contribution in [3.05, 3.63) is 47.4 Å². The first kappa shape index (κ1) is 22.5. The van der Waals surface area contributed by atoms with Crippen molar-refractivity contribution in [2.75, 3.05) is 0 Å². The molecule has 2 aliphatic heterocycles. The number of carbonyl (C=O) groups excluding carboxylic acids is 1. The fourth-order valence-corrected chi connectivity index (χ4v) is 5.11. The molecule has 7 nitrogen and oxygen atoms in total. The molecule has 174 valence electrons. The first-order valence-corrected chi connectivity index (χ1v) is 11.4. The van der Waals surface area contributed by atoms with Gasteiger partial charge in [-0.1, -0.05) is 6.07 Å². The van der Waals surface area contributed by atoms with E-state index in [1.807, 2.05) is 49.1 Å². The van der Waals surface area contributed by atoms with Crippen molar-refractivity contribution in [3.8, 4) is 11.5 Å². The summed E-state index contributed by atoms with van der Waals surface area (Å²) in [5, 5.41) is 6.81. The average molecular weight is 442 g/mol. The second-order valence-electron chi connectivity index (χ2n) is 10.3. The minimum Gasteiger partial charge on any atom is -0.464 e. The predicted octanol–water partition coefficient (Wildman–Crippen LogP) is 4.73. The van der Waals surface area contributed by atoms with Crippen LogP contribution in [0.25, 0.3) is 0 Å². The fraction of sp³-hybridized carbons (Fsp3) is 0.560. The molecule has 1 unspecified atom stereocenters. The van der Waals surface area contributed by atoms with E-state index in [-0.39, 0.29) is 29.4 Å². The van der Waals surface area contributed by atoms with Gasteiger partial charge < -0.3 is 29.4 Å². The summed E-state index contributed by atoms with van der Waals surface area (Å²) in [5.74, 6) is 3.10. The molecule has 32 heavy (non-hydrogen) atoms. The number of hydrogen-bond acceptors (Lipinski definition) is 5. The lowest BCUT2D eigenvalue weighted by molar-refractivity contribution is 0.0677. The molecule has 0 aliphatic carbocycles. The van der Waals surface area contributed by atoms with Crippen LogP contribution in [0.5, 0.6) is 11.5 Å². The van der Waals surface area contributed by atoms with Crippen molar-refractivity contribution in [1.82, 2.24) is 15.5 Å². The SMILES string of the molecule is Cc1ccc(CN(C(=O)NCc2ccc3c(c2)OC(C)O3)C2CC(C)(C)NC(C)(C)C2)o1. The van der Waals surface area contributed by atoms with E-state index in [9.17, 15) is 4.79 Å². The Morgan fingerprint density at radius 1 is 1.09 bits per heavy atom. The molecule has 1 fully saturated rings. The second kappa shape index (κ2) is 8.35. The van der Waals surface area contributed by atoms with Crippen LogP contribution in [0.4, 0.5) is 4.79 Å². The van der Waals surface area contributed by atoms with E-state index in [2.05, 4.69) is 38.3 Å². The summed E-state index contributed by atoms with van der Waals surface area (Å²) in [5.41, 5.74) is 0.824. The van der Waals surface area contributed by atoms with E-state index in [4.69, 9.17) is 13.9 Å². The Kier molecular flexibility index (Phi) is 5.88. The van der Waals surface area contributed by atoms with Gasteiger partial charge in [-0.05, 0) is 77.3 Å². The Bertz CT molecular complexity index is 965. The van der Waals surface area contributed by atoms with Crippen molar-refractivity contribution >= 4 is 6.03 Å². The van der Waals surface area contributed by atoms with E-state index in [1.54, 1.807) is 0 Å². The molecule has 3 heterocycles. The third kappa shape index (κ3) is 5.21. The minimum atomic E-state index is -0.284. The number of amides is 2. The highest BCUT2D eigenvalue weighted by Crippen LogP contribution is 2.35. The third-order valence-corrected chi connectivity index (χ3v) is 6.03. The zero-order valence-corrected chi connectivity index (χ0v) is 20.0. The van der Waals surface area contributed by atoms with E-state index >= 15 is 0 Å². The lowest BCUT2D eigenvalue weighted by Crippen LogP contribution is -2.63. The molecule has 7 heteroatoms. The molecule has 0 spiro atoms. The van der Waals surface area contributed by atoms with Crippen molar-refractivity contribution in [2.45, 2.75) is 90.9 Å². The average Bonchev–Trinajstić information content (AvgIpc) is 3.25. The molecular weight excluding hydrogens is 406 g/mol. The van der Waals surface area contributed by atoms with Gasteiger partial charge in [0.2, 0.25) is 6.29 Å². The second-order valence-corrected chi connectivity index (χ2v) is 10.3. The van der Waals surface area contributed by atoms with Crippen molar-refractivity contribution < 1.29 is 18.7 Å². The van der Waals surface area contributed by atoms with E-state index in [0.717, 1.165) is 35.7 Å². The van der Waals surface area contributed by atoms with Gasteiger partial charge in [0.15, 0.2) is 11.5 Å². The number of piperidine rings is 1. The van der Waals surface area contributed by atoms with Gasteiger partial charge in [0.1, 0.15) is 11.5 Å². The van der Waals surface area contributed by atoms with Gasteiger partial charge in [0.25, 0.3) is 0 Å². The van der Waals surface area contributed by atoms with Gasteiger partial charge in [0, 0.05) is 30.6 Å². The van der Waals surface area contributed by atoms with Crippen LogP contribution < -0.4 is 20.1 Å². The Labute approximate surface area is 190 Å². The molecule has 0 bridgehead atoms. The van der Waals surface area contributed by atoms with Crippen LogP contribution in [0.15, 0.2) is 34.7 Å². The van der Waals surface area contributed by atoms with Gasteiger partial charge in [-0.25, -0.2) is 4.79 Å². The number of ether oxygens (including phenoxy) is 2. The number of urea groups is 1. The number of nitrogens with one attached hydrogen (secondary N) is 2. The van der Waals surface area contributed by atoms with E-state index in [1.165, 1.54) is 0 Å². The monoisotopic (exact) mass is 441 g/mol. The quantitative estimate of drug-likeness (QED) is 0.702. The molecule has 2 aromatic rings. The maximum Gasteiger partial charge on any atom is 0.318 e. The number of aryl methyl sites for hydroxylation is 1. The van der Waals surface area contributed by atoms with Crippen LogP contribution in [0.2, 0.25) is 0 Å².